The Morgan fingerprint density at radius 2 is 1.96 bits per heavy atom. The van der Waals surface area contributed by atoms with Gasteiger partial charge in [-0.3, -0.25) is 4.79 Å². The molecule has 1 aromatic heterocycles. The molecule has 0 saturated carbocycles. The molecular weight excluding hydrogens is 312 g/mol. The predicted octanol–water partition coefficient (Wildman–Crippen LogP) is 5.15. The summed E-state index contributed by atoms with van der Waals surface area (Å²) in [5, 5.41) is 0.621. The minimum Gasteiger partial charge on any atom is -0.497 e. The van der Waals surface area contributed by atoms with E-state index in [9.17, 15) is 4.79 Å². The van der Waals surface area contributed by atoms with Crippen LogP contribution in [0.15, 0.2) is 63.3 Å². The second-order valence-corrected chi connectivity index (χ2v) is 6.13. The Balaban J connectivity index is 2.02. The molecule has 0 aliphatic rings. The third-order valence-electron chi connectivity index (χ3n) is 4.29. The van der Waals surface area contributed by atoms with Gasteiger partial charge in [-0.25, -0.2) is 0 Å². The van der Waals surface area contributed by atoms with Crippen LogP contribution >= 0.6 is 0 Å². The average Bonchev–Trinajstić information content (AvgIpc) is 2.62. The Kier molecular flexibility index (Phi) is 5.03. The molecule has 0 amide bonds. The summed E-state index contributed by atoms with van der Waals surface area (Å²) in [6.45, 7) is 3.94. The van der Waals surface area contributed by atoms with E-state index in [2.05, 4.69) is 25.1 Å². The van der Waals surface area contributed by atoms with Gasteiger partial charge < -0.3 is 9.15 Å². The largest absolute Gasteiger partial charge is 0.497 e. The van der Waals surface area contributed by atoms with E-state index in [1.807, 2.05) is 30.3 Å². The van der Waals surface area contributed by atoms with Crippen molar-refractivity contribution in [2.24, 2.45) is 0 Å². The van der Waals surface area contributed by atoms with Gasteiger partial charge in [-0.05, 0) is 43.5 Å². The minimum atomic E-state index is -0.000144. The summed E-state index contributed by atoms with van der Waals surface area (Å²) < 4.78 is 11.1. The number of methoxy groups -OCH3 is 1. The van der Waals surface area contributed by atoms with Crippen molar-refractivity contribution in [2.75, 3.05) is 7.11 Å². The number of hydrogen-bond acceptors (Lipinski definition) is 3. The van der Waals surface area contributed by atoms with Gasteiger partial charge in [0, 0.05) is 11.6 Å². The molecule has 0 aliphatic carbocycles. The number of aryl methyl sites for hydroxylation is 1. The van der Waals surface area contributed by atoms with Gasteiger partial charge in [0.2, 0.25) is 0 Å². The molecule has 128 valence electrons. The van der Waals surface area contributed by atoms with Crippen LogP contribution in [0, 0.1) is 6.92 Å². The number of rotatable bonds is 5. The quantitative estimate of drug-likeness (QED) is 0.648. The van der Waals surface area contributed by atoms with Gasteiger partial charge in [0.25, 0.3) is 0 Å². The van der Waals surface area contributed by atoms with Crippen LogP contribution in [-0.2, 0) is 6.42 Å². The molecule has 0 bridgehead atoms. The maximum atomic E-state index is 12.2. The van der Waals surface area contributed by atoms with E-state index in [4.69, 9.17) is 9.15 Å². The first-order valence-electron chi connectivity index (χ1n) is 8.46. The van der Waals surface area contributed by atoms with Gasteiger partial charge >= 0.3 is 0 Å². The van der Waals surface area contributed by atoms with E-state index in [-0.39, 0.29) is 5.43 Å². The van der Waals surface area contributed by atoms with Crippen LogP contribution in [0.2, 0.25) is 0 Å². The summed E-state index contributed by atoms with van der Waals surface area (Å²) in [4.78, 5) is 12.2. The molecular formula is C22H22O3. The number of allylic oxidation sites excluding steroid dienone is 1. The summed E-state index contributed by atoms with van der Waals surface area (Å²) in [5.41, 5.74) is 4.07. The molecule has 25 heavy (non-hydrogen) atoms. The molecule has 0 fully saturated rings. The monoisotopic (exact) mass is 334 g/mol. The number of ether oxygens (including phenoxy) is 1. The molecule has 0 aliphatic heterocycles. The normalized spacial score (nSPS) is 11.7. The van der Waals surface area contributed by atoms with Gasteiger partial charge in [0.05, 0.1) is 12.5 Å². The maximum Gasteiger partial charge on any atom is 0.192 e. The van der Waals surface area contributed by atoms with Crippen LogP contribution in [0.4, 0.5) is 0 Å². The zero-order valence-corrected chi connectivity index (χ0v) is 14.8. The molecule has 0 N–H and O–H groups in total. The molecule has 0 saturated heterocycles. The highest BCUT2D eigenvalue weighted by atomic mass is 16.5. The summed E-state index contributed by atoms with van der Waals surface area (Å²) in [7, 11) is 1.68. The lowest BCUT2D eigenvalue weighted by atomic mass is 9.99. The lowest BCUT2D eigenvalue weighted by Gasteiger charge is -2.09. The molecule has 2 aromatic carbocycles. The van der Waals surface area contributed by atoms with E-state index < -0.39 is 0 Å². The second kappa shape index (κ2) is 7.39. The molecule has 1 heterocycles. The van der Waals surface area contributed by atoms with Gasteiger partial charge in [-0.2, -0.15) is 0 Å². The molecule has 0 radical (unpaired) electrons. The van der Waals surface area contributed by atoms with Crippen molar-refractivity contribution in [3.05, 3.63) is 81.2 Å². The fourth-order valence-electron chi connectivity index (χ4n) is 2.97. The van der Waals surface area contributed by atoms with Crippen molar-refractivity contribution in [3.8, 4) is 5.75 Å². The van der Waals surface area contributed by atoms with Crippen molar-refractivity contribution < 1.29 is 9.15 Å². The van der Waals surface area contributed by atoms with E-state index >= 15 is 0 Å². The Bertz CT molecular complexity index is 980. The molecule has 3 aromatic rings. The van der Waals surface area contributed by atoms with E-state index in [1.165, 1.54) is 17.2 Å². The average molecular weight is 334 g/mol. The van der Waals surface area contributed by atoms with Crippen molar-refractivity contribution >= 4 is 17.0 Å². The number of hydrogen-bond donors (Lipinski definition) is 0. The lowest BCUT2D eigenvalue weighted by Crippen LogP contribution is -2.01. The Labute approximate surface area is 147 Å². The smallest absolute Gasteiger partial charge is 0.192 e. The Hall–Kier alpha value is -2.81. The molecule has 0 spiro atoms. The summed E-state index contributed by atoms with van der Waals surface area (Å²) in [6, 6.07) is 15.3. The van der Waals surface area contributed by atoms with Gasteiger partial charge in [-0.1, -0.05) is 42.8 Å². The molecule has 0 atom stereocenters. The zero-order valence-electron chi connectivity index (χ0n) is 14.8. The van der Waals surface area contributed by atoms with Crippen LogP contribution in [0.25, 0.3) is 17.0 Å². The summed E-state index contributed by atoms with van der Waals surface area (Å²) in [5.74, 6) is 1.49. The number of benzene rings is 2. The van der Waals surface area contributed by atoms with Crippen LogP contribution in [0.3, 0.4) is 0 Å². The predicted molar refractivity (Wildman–Crippen MR) is 102 cm³/mol. The second-order valence-electron chi connectivity index (χ2n) is 6.13. The van der Waals surface area contributed by atoms with E-state index in [0.29, 0.717) is 16.7 Å². The number of para-hydroxylation sites is 1. The molecule has 0 unspecified atom stereocenters. The first-order chi connectivity index (χ1) is 12.1. The highest BCUT2D eigenvalue weighted by Gasteiger charge is 2.07. The van der Waals surface area contributed by atoms with Crippen LogP contribution < -0.4 is 10.2 Å². The third kappa shape index (κ3) is 3.82. The fraction of sp³-hybridized carbons (Fsp3) is 0.227. The van der Waals surface area contributed by atoms with Gasteiger partial charge in [0.15, 0.2) is 5.43 Å². The van der Waals surface area contributed by atoms with Crippen LogP contribution in [0.1, 0.15) is 30.2 Å². The highest BCUT2D eigenvalue weighted by Crippen LogP contribution is 2.23. The van der Waals surface area contributed by atoms with Crippen LogP contribution in [0.5, 0.6) is 5.75 Å². The Morgan fingerprint density at radius 1 is 1.16 bits per heavy atom. The third-order valence-corrected chi connectivity index (χ3v) is 4.29. The molecule has 3 rings (SSSR count). The SMILES string of the molecule is CCC(=Cc1cccc2c(=O)cc(C)oc12)Cc1cccc(OC)c1. The molecule has 3 nitrogen and oxygen atoms in total. The first-order valence-corrected chi connectivity index (χ1v) is 8.46. The lowest BCUT2D eigenvalue weighted by molar-refractivity contribution is 0.414. The Morgan fingerprint density at radius 3 is 2.72 bits per heavy atom. The maximum absolute atomic E-state index is 12.2. The van der Waals surface area contributed by atoms with Gasteiger partial charge in [-0.15, -0.1) is 0 Å². The first kappa shape index (κ1) is 17.0. The topological polar surface area (TPSA) is 39.4 Å². The summed E-state index contributed by atoms with van der Waals surface area (Å²) in [6.07, 6.45) is 3.88. The van der Waals surface area contributed by atoms with Crippen molar-refractivity contribution in [1.82, 2.24) is 0 Å². The van der Waals surface area contributed by atoms with Gasteiger partial charge in [0.1, 0.15) is 17.1 Å². The molecule has 3 heteroatoms. The fourth-order valence-corrected chi connectivity index (χ4v) is 2.97. The standard InChI is InChI=1S/C22H22O3/c1-4-16(12-17-7-5-9-19(14-17)24-3)13-18-8-6-10-20-21(23)11-15(2)25-22(18)20/h5-11,13-14H,4,12H2,1-3H3. The van der Waals surface area contributed by atoms with E-state index in [0.717, 1.165) is 24.2 Å². The van der Waals surface area contributed by atoms with E-state index in [1.54, 1.807) is 14.0 Å². The van der Waals surface area contributed by atoms with Crippen LogP contribution in [-0.4, -0.2) is 7.11 Å². The summed E-state index contributed by atoms with van der Waals surface area (Å²) >= 11 is 0. The van der Waals surface area contributed by atoms with Crippen molar-refractivity contribution in [3.63, 3.8) is 0 Å². The van der Waals surface area contributed by atoms with Crippen molar-refractivity contribution in [2.45, 2.75) is 26.7 Å². The zero-order chi connectivity index (χ0) is 17.8. The minimum absolute atomic E-state index is 0.000144. The number of fused-ring (bicyclic) bond motifs is 1. The van der Waals surface area contributed by atoms with Crippen molar-refractivity contribution in [1.29, 1.82) is 0 Å². The highest BCUT2D eigenvalue weighted by molar-refractivity contribution is 5.85.